The zero-order valence-corrected chi connectivity index (χ0v) is 11.0. The molecule has 1 fully saturated rings. The van der Waals surface area contributed by atoms with Crippen LogP contribution in [0.25, 0.3) is 0 Å². The van der Waals surface area contributed by atoms with Gasteiger partial charge < -0.3 is 15.2 Å². The summed E-state index contributed by atoms with van der Waals surface area (Å²) in [6.45, 7) is 4.27. The van der Waals surface area contributed by atoms with Crippen LogP contribution in [0.15, 0.2) is 6.07 Å². The van der Waals surface area contributed by atoms with Gasteiger partial charge >= 0.3 is 5.97 Å². The second kappa shape index (κ2) is 5.07. The average Bonchev–Trinajstić information content (AvgIpc) is 2.87. The fourth-order valence-electron chi connectivity index (χ4n) is 1.91. The Kier molecular flexibility index (Phi) is 3.68. The first kappa shape index (κ1) is 13.0. The number of nitrogens with one attached hydrogen (secondary N) is 1. The van der Waals surface area contributed by atoms with Gasteiger partial charge in [0.15, 0.2) is 6.10 Å². The van der Waals surface area contributed by atoms with E-state index in [-0.39, 0.29) is 5.91 Å². The average molecular weight is 269 g/mol. The number of aliphatic carboxylic acids is 1. The summed E-state index contributed by atoms with van der Waals surface area (Å²) in [5, 5.41) is 11.7. The molecular formula is C12H15NO4S. The van der Waals surface area contributed by atoms with Gasteiger partial charge in [0.2, 0.25) is 0 Å². The van der Waals surface area contributed by atoms with E-state index in [4.69, 9.17) is 9.84 Å². The van der Waals surface area contributed by atoms with Crippen molar-refractivity contribution < 1.29 is 19.4 Å². The third kappa shape index (κ3) is 2.54. The van der Waals surface area contributed by atoms with Gasteiger partial charge in [-0.3, -0.25) is 4.79 Å². The molecule has 1 aromatic rings. The maximum absolute atomic E-state index is 12.0. The van der Waals surface area contributed by atoms with Crippen LogP contribution in [0.4, 0.5) is 0 Å². The van der Waals surface area contributed by atoms with Gasteiger partial charge in [-0.25, -0.2) is 4.79 Å². The van der Waals surface area contributed by atoms with Crippen molar-refractivity contribution in [2.24, 2.45) is 0 Å². The molecule has 2 atom stereocenters. The van der Waals surface area contributed by atoms with Crippen LogP contribution in [-0.2, 0) is 9.53 Å². The minimum Gasteiger partial charge on any atom is -0.479 e. The molecule has 1 saturated heterocycles. The van der Waals surface area contributed by atoms with Crippen molar-refractivity contribution in [2.75, 3.05) is 6.61 Å². The van der Waals surface area contributed by atoms with Gasteiger partial charge in [-0.2, -0.15) is 0 Å². The lowest BCUT2D eigenvalue weighted by Crippen LogP contribution is -2.43. The second-order valence-electron chi connectivity index (χ2n) is 4.35. The first-order valence-electron chi connectivity index (χ1n) is 5.71. The minimum absolute atomic E-state index is 0.224. The van der Waals surface area contributed by atoms with Crippen LogP contribution in [-0.4, -0.2) is 35.7 Å². The molecule has 0 aliphatic carbocycles. The van der Waals surface area contributed by atoms with Crippen molar-refractivity contribution in [1.29, 1.82) is 0 Å². The molecule has 0 saturated carbocycles. The second-order valence-corrected chi connectivity index (χ2v) is 5.60. The number of ether oxygens (including phenoxy) is 1. The molecule has 18 heavy (non-hydrogen) atoms. The number of carbonyl (C=O) groups excluding carboxylic acids is 1. The number of hydrogen-bond acceptors (Lipinski definition) is 4. The molecule has 0 spiro atoms. The maximum Gasteiger partial charge on any atom is 0.334 e. The molecule has 6 heteroatoms. The number of thiophene rings is 1. The summed E-state index contributed by atoms with van der Waals surface area (Å²) in [4.78, 5) is 24.6. The summed E-state index contributed by atoms with van der Waals surface area (Å²) in [6, 6.07) is 1.37. The summed E-state index contributed by atoms with van der Waals surface area (Å²) < 4.78 is 5.08. The van der Waals surface area contributed by atoms with E-state index in [1.165, 1.54) is 11.3 Å². The Labute approximate surface area is 109 Å². The first-order chi connectivity index (χ1) is 8.49. The van der Waals surface area contributed by atoms with Crippen LogP contribution in [0.5, 0.6) is 0 Å². The molecule has 1 aliphatic heterocycles. The van der Waals surface area contributed by atoms with Gasteiger partial charge in [0.1, 0.15) is 0 Å². The van der Waals surface area contributed by atoms with E-state index >= 15 is 0 Å². The third-order valence-corrected chi connectivity index (χ3v) is 4.19. The monoisotopic (exact) mass is 269 g/mol. The fraction of sp³-hybridized carbons (Fsp3) is 0.500. The van der Waals surface area contributed by atoms with Crippen molar-refractivity contribution in [2.45, 2.75) is 32.4 Å². The highest BCUT2D eigenvalue weighted by Gasteiger charge is 2.35. The lowest BCUT2D eigenvalue weighted by molar-refractivity contribution is -0.148. The van der Waals surface area contributed by atoms with Crippen LogP contribution in [0, 0.1) is 13.8 Å². The van der Waals surface area contributed by atoms with Crippen LogP contribution < -0.4 is 5.32 Å². The van der Waals surface area contributed by atoms with E-state index in [1.807, 2.05) is 19.9 Å². The van der Waals surface area contributed by atoms with Crippen molar-refractivity contribution in [3.05, 3.63) is 21.4 Å². The normalized spacial score (nSPS) is 23.0. The zero-order valence-electron chi connectivity index (χ0n) is 10.2. The van der Waals surface area contributed by atoms with E-state index in [0.717, 1.165) is 10.4 Å². The molecule has 2 heterocycles. The van der Waals surface area contributed by atoms with Gasteiger partial charge in [0.25, 0.3) is 5.91 Å². The van der Waals surface area contributed by atoms with Gasteiger partial charge in [-0.1, -0.05) is 0 Å². The molecule has 1 aromatic heterocycles. The van der Waals surface area contributed by atoms with Gasteiger partial charge in [0.05, 0.1) is 10.9 Å². The summed E-state index contributed by atoms with van der Waals surface area (Å²) in [5.41, 5.74) is 1.07. The Hall–Kier alpha value is -1.40. The summed E-state index contributed by atoms with van der Waals surface area (Å²) in [5.74, 6) is -1.26. The number of aryl methyl sites for hydroxylation is 2. The molecule has 2 rings (SSSR count). The molecule has 1 amide bonds. The number of carboxylic acids is 1. The maximum atomic E-state index is 12.0. The van der Waals surface area contributed by atoms with Crippen molar-refractivity contribution in [1.82, 2.24) is 5.32 Å². The SMILES string of the molecule is Cc1cc(C(=O)N[C@@H]2CCO[C@@H]2C(=O)O)sc1C. The molecule has 1 aliphatic rings. The quantitative estimate of drug-likeness (QED) is 0.868. The number of amides is 1. The van der Waals surface area contributed by atoms with Crippen LogP contribution in [0.3, 0.4) is 0 Å². The number of carbonyl (C=O) groups is 2. The van der Waals surface area contributed by atoms with Gasteiger partial charge in [-0.05, 0) is 31.9 Å². The summed E-state index contributed by atoms with van der Waals surface area (Å²) >= 11 is 1.42. The van der Waals surface area contributed by atoms with Crippen molar-refractivity contribution in [3.63, 3.8) is 0 Å². The van der Waals surface area contributed by atoms with Crippen LogP contribution in [0.1, 0.15) is 26.5 Å². The highest BCUT2D eigenvalue weighted by Crippen LogP contribution is 2.21. The standard InChI is InChI=1S/C12H15NO4S/c1-6-5-9(18-7(6)2)11(14)13-8-3-4-17-10(8)12(15)16/h5,8,10H,3-4H2,1-2H3,(H,13,14)(H,15,16)/t8-,10+/m1/s1. The topological polar surface area (TPSA) is 75.6 Å². The summed E-state index contributed by atoms with van der Waals surface area (Å²) in [6.07, 6.45) is -0.400. The third-order valence-electron chi connectivity index (χ3n) is 3.04. The largest absolute Gasteiger partial charge is 0.479 e. The summed E-state index contributed by atoms with van der Waals surface area (Å²) in [7, 11) is 0. The van der Waals surface area contributed by atoms with Crippen LogP contribution >= 0.6 is 11.3 Å². The van der Waals surface area contributed by atoms with Crippen LogP contribution in [0.2, 0.25) is 0 Å². The number of rotatable bonds is 3. The highest BCUT2D eigenvalue weighted by atomic mass is 32.1. The van der Waals surface area contributed by atoms with Crippen molar-refractivity contribution in [3.8, 4) is 0 Å². The lowest BCUT2D eigenvalue weighted by Gasteiger charge is -2.15. The Bertz CT molecular complexity index is 463. The first-order valence-corrected chi connectivity index (χ1v) is 6.53. The molecule has 0 unspecified atom stereocenters. The minimum atomic E-state index is -1.03. The molecule has 0 bridgehead atoms. The Morgan fingerprint density at radius 2 is 2.22 bits per heavy atom. The smallest absolute Gasteiger partial charge is 0.334 e. The van der Waals surface area contributed by atoms with Crippen molar-refractivity contribution >= 4 is 23.2 Å². The number of carboxylic acid groups (broad SMARTS) is 1. The molecule has 98 valence electrons. The highest BCUT2D eigenvalue weighted by molar-refractivity contribution is 7.14. The Balaban J connectivity index is 2.05. The van der Waals surface area contributed by atoms with E-state index in [0.29, 0.717) is 17.9 Å². The van der Waals surface area contributed by atoms with Gasteiger partial charge in [0, 0.05) is 11.5 Å². The molecule has 2 N–H and O–H groups in total. The molecule has 5 nitrogen and oxygen atoms in total. The Morgan fingerprint density at radius 3 is 2.78 bits per heavy atom. The van der Waals surface area contributed by atoms with E-state index in [2.05, 4.69) is 5.32 Å². The molecular weight excluding hydrogens is 254 g/mol. The molecule has 0 radical (unpaired) electrons. The van der Waals surface area contributed by atoms with E-state index in [9.17, 15) is 9.59 Å². The fourth-order valence-corrected chi connectivity index (χ4v) is 2.84. The van der Waals surface area contributed by atoms with E-state index in [1.54, 1.807) is 0 Å². The predicted molar refractivity (Wildman–Crippen MR) is 67.0 cm³/mol. The Morgan fingerprint density at radius 1 is 1.50 bits per heavy atom. The zero-order chi connectivity index (χ0) is 13.3. The lowest BCUT2D eigenvalue weighted by atomic mass is 10.1. The molecule has 0 aromatic carbocycles. The number of hydrogen-bond donors (Lipinski definition) is 2. The van der Waals surface area contributed by atoms with E-state index < -0.39 is 18.1 Å². The van der Waals surface area contributed by atoms with Gasteiger partial charge in [-0.15, -0.1) is 11.3 Å². The predicted octanol–water partition coefficient (Wildman–Crippen LogP) is 1.34.